The van der Waals surface area contributed by atoms with Gasteiger partial charge >= 0.3 is 0 Å². The average Bonchev–Trinajstić information content (AvgIpc) is 3.08. The van der Waals surface area contributed by atoms with Crippen LogP contribution in [-0.2, 0) is 40.6 Å². The van der Waals surface area contributed by atoms with Gasteiger partial charge in [0, 0.05) is 18.0 Å². The molecule has 0 saturated carbocycles. The zero-order valence-electron chi connectivity index (χ0n) is 25.5. The third-order valence-corrected chi connectivity index (χ3v) is 10.8. The van der Waals surface area contributed by atoms with Crippen molar-refractivity contribution in [3.63, 3.8) is 0 Å². The fourth-order valence-electron chi connectivity index (χ4n) is 6.50. The van der Waals surface area contributed by atoms with Crippen LogP contribution in [0.5, 0.6) is 0 Å². The second-order valence-corrected chi connectivity index (χ2v) is 13.8. The lowest BCUT2D eigenvalue weighted by Crippen LogP contribution is -2.54. The van der Waals surface area contributed by atoms with Gasteiger partial charge in [-0.2, -0.15) is 4.31 Å². The number of amides is 1. The molecule has 1 N–H and O–H groups in total. The molecule has 5 aromatic carbocycles. The Balaban J connectivity index is 1.25. The van der Waals surface area contributed by atoms with Gasteiger partial charge in [-0.25, -0.2) is 8.42 Å². The van der Waals surface area contributed by atoms with Gasteiger partial charge in [-0.3, -0.25) is 4.79 Å². The van der Waals surface area contributed by atoms with Crippen molar-refractivity contribution in [3.05, 3.63) is 150 Å². The van der Waals surface area contributed by atoms with Crippen molar-refractivity contribution in [1.82, 2.24) is 9.62 Å². The van der Waals surface area contributed by atoms with Crippen LogP contribution in [0.2, 0.25) is 0 Å². The van der Waals surface area contributed by atoms with Crippen LogP contribution in [0.3, 0.4) is 0 Å². The molecule has 1 unspecified atom stereocenters. The van der Waals surface area contributed by atoms with Crippen molar-refractivity contribution in [2.45, 2.75) is 68.5 Å². The molecular formula is C39H40N2O3S. The first-order chi connectivity index (χ1) is 22.0. The maximum Gasteiger partial charge on any atom is 0.244 e. The van der Waals surface area contributed by atoms with E-state index in [-0.39, 0.29) is 23.4 Å². The number of nitrogens with one attached hydrogen (secondary N) is 1. The Labute approximate surface area is 267 Å². The third kappa shape index (κ3) is 7.35. The minimum Gasteiger partial charge on any atom is -0.352 e. The number of fused-ring (bicyclic) bond motifs is 2. The molecule has 5 aromatic rings. The van der Waals surface area contributed by atoms with E-state index in [1.54, 1.807) is 12.1 Å². The minimum atomic E-state index is -3.99. The minimum absolute atomic E-state index is 0.0517. The molecule has 0 aliphatic carbocycles. The summed E-state index contributed by atoms with van der Waals surface area (Å²) in [5, 5.41) is 4.86. The predicted octanol–water partition coefficient (Wildman–Crippen LogP) is 7.49. The zero-order valence-corrected chi connectivity index (χ0v) is 26.3. The summed E-state index contributed by atoms with van der Waals surface area (Å²) in [6.45, 7) is 0.159. The molecule has 0 spiro atoms. The summed E-state index contributed by atoms with van der Waals surface area (Å²) in [5.41, 5.74) is 4.52. The Morgan fingerprint density at radius 2 is 1.24 bits per heavy atom. The van der Waals surface area contributed by atoms with Crippen molar-refractivity contribution in [3.8, 4) is 0 Å². The number of aryl methyl sites for hydroxylation is 2. The molecule has 1 aliphatic heterocycles. The zero-order chi connectivity index (χ0) is 31.1. The van der Waals surface area contributed by atoms with Crippen molar-refractivity contribution in [2.24, 2.45) is 0 Å². The van der Waals surface area contributed by atoms with Gasteiger partial charge in [-0.1, -0.05) is 121 Å². The van der Waals surface area contributed by atoms with Crippen molar-refractivity contribution < 1.29 is 13.2 Å². The Kier molecular flexibility index (Phi) is 9.72. The van der Waals surface area contributed by atoms with Gasteiger partial charge in [0.1, 0.15) is 6.04 Å². The number of hydrogen-bond acceptors (Lipinski definition) is 3. The SMILES string of the molecule is O=C(NC(CCCc1ccccc1)CCCc1ccccc1)C1Cc2ccccc2CN1S(=O)(=O)c1cccc2ccccc12. The summed E-state index contributed by atoms with van der Waals surface area (Å²) in [6, 6.07) is 40.6. The molecule has 230 valence electrons. The topological polar surface area (TPSA) is 66.5 Å². The van der Waals surface area contributed by atoms with Crippen LogP contribution in [0.25, 0.3) is 10.8 Å². The van der Waals surface area contributed by atoms with E-state index in [1.807, 2.05) is 66.7 Å². The molecule has 1 atom stereocenters. The molecule has 5 nitrogen and oxygen atoms in total. The molecule has 0 saturated heterocycles. The van der Waals surface area contributed by atoms with Crippen LogP contribution in [0.4, 0.5) is 0 Å². The van der Waals surface area contributed by atoms with Crippen LogP contribution in [0.1, 0.15) is 47.9 Å². The van der Waals surface area contributed by atoms with Crippen LogP contribution in [0, 0.1) is 0 Å². The lowest BCUT2D eigenvalue weighted by atomic mass is 9.94. The third-order valence-electron chi connectivity index (χ3n) is 8.91. The number of rotatable bonds is 12. The van der Waals surface area contributed by atoms with E-state index in [2.05, 4.69) is 53.8 Å². The molecule has 0 bridgehead atoms. The quantitative estimate of drug-likeness (QED) is 0.158. The van der Waals surface area contributed by atoms with Crippen molar-refractivity contribution >= 4 is 26.7 Å². The lowest BCUT2D eigenvalue weighted by Gasteiger charge is -2.36. The maximum absolute atomic E-state index is 14.4. The standard InChI is InChI=1S/C39H40N2O3S/c42-39(40-35(24-11-18-30-14-3-1-4-15-30)25-12-19-31-16-5-2-6-17-31)37-28-33-21-7-8-22-34(33)29-41(37)45(43,44)38-27-13-23-32-20-9-10-26-36(32)38/h1-10,13-17,20-23,26-27,35,37H,11-12,18-19,24-25,28-29H2,(H,40,42). The van der Waals surface area contributed by atoms with E-state index in [1.165, 1.54) is 15.4 Å². The molecule has 1 amide bonds. The smallest absolute Gasteiger partial charge is 0.244 e. The summed E-state index contributed by atoms with van der Waals surface area (Å²) < 4.78 is 30.3. The Morgan fingerprint density at radius 3 is 1.91 bits per heavy atom. The van der Waals surface area contributed by atoms with E-state index in [0.29, 0.717) is 11.8 Å². The fourth-order valence-corrected chi connectivity index (χ4v) is 8.28. The number of benzene rings is 5. The predicted molar refractivity (Wildman–Crippen MR) is 181 cm³/mol. The number of hydrogen-bond donors (Lipinski definition) is 1. The van der Waals surface area contributed by atoms with Crippen LogP contribution < -0.4 is 5.32 Å². The molecule has 45 heavy (non-hydrogen) atoms. The van der Waals surface area contributed by atoms with E-state index in [0.717, 1.165) is 55.0 Å². The fraction of sp³-hybridized carbons (Fsp3) is 0.256. The molecule has 6 rings (SSSR count). The number of carbonyl (C=O) groups is 1. The molecule has 6 heteroatoms. The summed E-state index contributed by atoms with van der Waals surface area (Å²) in [6.07, 6.45) is 5.74. The van der Waals surface area contributed by atoms with Gasteiger partial charge in [0.25, 0.3) is 0 Å². The second kappa shape index (κ2) is 14.2. The number of carbonyl (C=O) groups excluding carboxylic acids is 1. The first-order valence-corrected chi connectivity index (χ1v) is 17.4. The van der Waals surface area contributed by atoms with Gasteiger partial charge in [0.05, 0.1) is 4.90 Å². The lowest BCUT2D eigenvalue weighted by molar-refractivity contribution is -0.126. The number of nitrogens with zero attached hydrogens (tertiary/aromatic N) is 1. The van der Waals surface area contributed by atoms with Crippen LogP contribution >= 0.6 is 0 Å². The van der Waals surface area contributed by atoms with Crippen LogP contribution in [0.15, 0.2) is 132 Å². The highest BCUT2D eigenvalue weighted by atomic mass is 32.2. The molecule has 0 fully saturated rings. The largest absolute Gasteiger partial charge is 0.352 e. The van der Waals surface area contributed by atoms with Crippen molar-refractivity contribution in [1.29, 1.82) is 0 Å². The van der Waals surface area contributed by atoms with Gasteiger partial charge in [-0.15, -0.1) is 0 Å². The first kappa shape index (κ1) is 30.8. The Morgan fingerprint density at radius 1 is 0.689 bits per heavy atom. The average molecular weight is 617 g/mol. The van der Waals surface area contributed by atoms with Crippen molar-refractivity contribution in [2.75, 3.05) is 0 Å². The molecule has 0 aromatic heterocycles. The highest BCUT2D eigenvalue weighted by Crippen LogP contribution is 2.32. The highest BCUT2D eigenvalue weighted by molar-refractivity contribution is 7.89. The van der Waals surface area contributed by atoms with Gasteiger partial charge in [-0.05, 0) is 78.7 Å². The van der Waals surface area contributed by atoms with Gasteiger partial charge in [0.2, 0.25) is 15.9 Å². The summed E-state index contributed by atoms with van der Waals surface area (Å²) in [7, 11) is -3.99. The first-order valence-electron chi connectivity index (χ1n) is 15.9. The summed E-state index contributed by atoms with van der Waals surface area (Å²) >= 11 is 0. The van der Waals surface area contributed by atoms with E-state index in [9.17, 15) is 13.2 Å². The van der Waals surface area contributed by atoms with Gasteiger partial charge in [0.15, 0.2) is 0 Å². The molecule has 1 aliphatic rings. The molecule has 0 radical (unpaired) electrons. The van der Waals surface area contributed by atoms with E-state index in [4.69, 9.17) is 0 Å². The monoisotopic (exact) mass is 616 g/mol. The maximum atomic E-state index is 14.4. The second-order valence-electron chi connectivity index (χ2n) is 12.0. The summed E-state index contributed by atoms with van der Waals surface area (Å²) in [5.74, 6) is -0.224. The van der Waals surface area contributed by atoms with E-state index < -0.39 is 16.1 Å². The molecule has 1 heterocycles. The Hall–Kier alpha value is -4.26. The van der Waals surface area contributed by atoms with Crippen LogP contribution in [-0.4, -0.2) is 30.7 Å². The normalized spacial score (nSPS) is 15.2. The summed E-state index contributed by atoms with van der Waals surface area (Å²) in [4.78, 5) is 14.5. The highest BCUT2D eigenvalue weighted by Gasteiger charge is 2.40. The Bertz CT molecular complexity index is 1790. The molecular weight excluding hydrogens is 577 g/mol. The van der Waals surface area contributed by atoms with Gasteiger partial charge < -0.3 is 5.32 Å². The number of sulfonamides is 1. The van der Waals surface area contributed by atoms with E-state index >= 15 is 0 Å².